The van der Waals surface area contributed by atoms with Crippen LogP contribution in [0, 0.1) is 0 Å². The predicted molar refractivity (Wildman–Crippen MR) is 62.0 cm³/mol. The number of aliphatic carboxylic acids is 2. The van der Waals surface area contributed by atoms with Crippen molar-refractivity contribution in [3.63, 3.8) is 0 Å². The van der Waals surface area contributed by atoms with E-state index in [1.165, 1.54) is 17.1 Å². The van der Waals surface area contributed by atoms with Crippen LogP contribution < -0.4 is 11.1 Å². The SMILES string of the molecule is NCCN[C@@H](Cc1cn(CC(=O)O)cn1)C(=O)O. The van der Waals surface area contributed by atoms with Crippen molar-refractivity contribution in [1.29, 1.82) is 0 Å². The first-order chi connectivity index (χ1) is 8.52. The Morgan fingerprint density at radius 3 is 2.78 bits per heavy atom. The second-order valence-electron chi connectivity index (χ2n) is 3.77. The van der Waals surface area contributed by atoms with Gasteiger partial charge in [0.1, 0.15) is 12.6 Å². The minimum absolute atomic E-state index is 0.182. The van der Waals surface area contributed by atoms with Crippen molar-refractivity contribution in [1.82, 2.24) is 14.9 Å². The molecule has 8 nitrogen and oxygen atoms in total. The van der Waals surface area contributed by atoms with Crippen LogP contribution in [-0.2, 0) is 22.6 Å². The van der Waals surface area contributed by atoms with E-state index in [0.29, 0.717) is 18.8 Å². The minimum Gasteiger partial charge on any atom is -0.480 e. The van der Waals surface area contributed by atoms with E-state index < -0.39 is 18.0 Å². The van der Waals surface area contributed by atoms with Crippen LogP contribution in [0.3, 0.4) is 0 Å². The molecule has 0 bridgehead atoms. The highest BCUT2D eigenvalue weighted by Gasteiger charge is 2.18. The molecule has 0 fully saturated rings. The summed E-state index contributed by atoms with van der Waals surface area (Å²) in [6.45, 7) is 0.547. The van der Waals surface area contributed by atoms with Crippen molar-refractivity contribution in [2.24, 2.45) is 5.73 Å². The Balaban J connectivity index is 2.60. The second kappa shape index (κ2) is 6.72. The zero-order chi connectivity index (χ0) is 13.5. The fourth-order valence-electron chi connectivity index (χ4n) is 1.47. The van der Waals surface area contributed by atoms with Crippen LogP contribution in [0.5, 0.6) is 0 Å². The van der Waals surface area contributed by atoms with Gasteiger partial charge in [-0.1, -0.05) is 0 Å². The summed E-state index contributed by atoms with van der Waals surface area (Å²) in [6, 6.07) is -0.776. The van der Waals surface area contributed by atoms with Crippen molar-refractivity contribution < 1.29 is 19.8 Å². The van der Waals surface area contributed by atoms with Crippen LogP contribution in [0.1, 0.15) is 5.69 Å². The van der Waals surface area contributed by atoms with Crippen molar-refractivity contribution in [2.45, 2.75) is 19.0 Å². The van der Waals surface area contributed by atoms with Crippen molar-refractivity contribution in [3.05, 3.63) is 18.2 Å². The molecule has 18 heavy (non-hydrogen) atoms. The maximum atomic E-state index is 11.0. The summed E-state index contributed by atoms with van der Waals surface area (Å²) >= 11 is 0. The third kappa shape index (κ3) is 4.52. The standard InChI is InChI=1S/C10H16N4O4/c11-1-2-12-8(10(17)18)3-7-4-14(6-13-7)5-9(15)16/h4,6,8,12H,1-3,5,11H2,(H,15,16)(H,17,18)/t8-/m0/s1. The number of carboxylic acids is 2. The fourth-order valence-corrected chi connectivity index (χ4v) is 1.47. The molecule has 0 aliphatic rings. The molecule has 0 radical (unpaired) electrons. The maximum absolute atomic E-state index is 11.0. The minimum atomic E-state index is -0.990. The average molecular weight is 256 g/mol. The number of carbonyl (C=O) groups is 2. The lowest BCUT2D eigenvalue weighted by atomic mass is 10.1. The quantitative estimate of drug-likeness (QED) is 0.445. The third-order valence-electron chi connectivity index (χ3n) is 2.25. The normalized spacial score (nSPS) is 12.3. The van der Waals surface area contributed by atoms with Gasteiger partial charge >= 0.3 is 11.9 Å². The largest absolute Gasteiger partial charge is 0.480 e. The van der Waals surface area contributed by atoms with Gasteiger partial charge in [0.15, 0.2) is 0 Å². The fraction of sp³-hybridized carbons (Fsp3) is 0.500. The Morgan fingerprint density at radius 1 is 1.50 bits per heavy atom. The van der Waals surface area contributed by atoms with E-state index in [4.69, 9.17) is 15.9 Å². The summed E-state index contributed by atoms with van der Waals surface area (Å²) in [6.07, 6.45) is 3.07. The molecule has 0 aromatic carbocycles. The first-order valence-electron chi connectivity index (χ1n) is 5.41. The molecule has 0 unspecified atom stereocenters. The highest BCUT2D eigenvalue weighted by Crippen LogP contribution is 2.01. The van der Waals surface area contributed by atoms with E-state index in [0.717, 1.165) is 0 Å². The summed E-state index contributed by atoms with van der Waals surface area (Å²) in [5, 5.41) is 20.4. The molecule has 8 heteroatoms. The summed E-state index contributed by atoms with van der Waals surface area (Å²) in [5.41, 5.74) is 5.81. The molecule has 0 saturated carbocycles. The second-order valence-corrected chi connectivity index (χ2v) is 3.77. The number of rotatable bonds is 8. The number of hydrogen-bond acceptors (Lipinski definition) is 5. The molecule has 5 N–H and O–H groups in total. The molecule has 0 spiro atoms. The molecule has 1 aromatic heterocycles. The van der Waals surface area contributed by atoms with Gasteiger partial charge in [-0.15, -0.1) is 0 Å². The maximum Gasteiger partial charge on any atom is 0.323 e. The van der Waals surface area contributed by atoms with E-state index in [9.17, 15) is 9.59 Å². The third-order valence-corrected chi connectivity index (χ3v) is 2.25. The lowest BCUT2D eigenvalue weighted by Gasteiger charge is -2.11. The van der Waals surface area contributed by atoms with Gasteiger partial charge in [0.05, 0.1) is 12.0 Å². The van der Waals surface area contributed by atoms with Crippen LogP contribution in [-0.4, -0.2) is 50.8 Å². The van der Waals surface area contributed by atoms with Gasteiger partial charge in [-0.05, 0) is 0 Å². The van der Waals surface area contributed by atoms with E-state index in [1.54, 1.807) is 0 Å². The Morgan fingerprint density at radius 2 is 2.22 bits per heavy atom. The molecule has 1 atom stereocenters. The van der Waals surface area contributed by atoms with Crippen LogP contribution in [0.2, 0.25) is 0 Å². The summed E-state index contributed by atoms with van der Waals surface area (Å²) in [5.74, 6) is -1.97. The number of imidazole rings is 1. The van der Waals surface area contributed by atoms with Gasteiger partial charge in [0.2, 0.25) is 0 Å². The molecule has 0 saturated heterocycles. The van der Waals surface area contributed by atoms with Gasteiger partial charge in [-0.2, -0.15) is 0 Å². The van der Waals surface area contributed by atoms with Crippen molar-refractivity contribution in [2.75, 3.05) is 13.1 Å². The molecule has 100 valence electrons. The number of nitrogens with zero attached hydrogens (tertiary/aromatic N) is 2. The van der Waals surface area contributed by atoms with Crippen LogP contribution >= 0.6 is 0 Å². The molecule has 0 aliphatic heterocycles. The number of nitrogens with one attached hydrogen (secondary N) is 1. The van der Waals surface area contributed by atoms with Gasteiger partial charge in [0, 0.05) is 25.7 Å². The predicted octanol–water partition coefficient (Wildman–Crippen LogP) is -1.49. The Labute approximate surface area is 103 Å². The van der Waals surface area contributed by atoms with Gasteiger partial charge in [-0.25, -0.2) is 4.98 Å². The molecule has 1 rings (SSSR count). The summed E-state index contributed by atoms with van der Waals surface area (Å²) in [7, 11) is 0. The summed E-state index contributed by atoms with van der Waals surface area (Å²) < 4.78 is 1.39. The van der Waals surface area contributed by atoms with Gasteiger partial charge < -0.3 is 25.8 Å². The number of hydrogen-bond donors (Lipinski definition) is 4. The molecule has 1 aromatic rings. The highest BCUT2D eigenvalue weighted by atomic mass is 16.4. The van der Waals surface area contributed by atoms with Gasteiger partial charge in [0.25, 0.3) is 0 Å². The molecular formula is C10H16N4O4. The monoisotopic (exact) mass is 256 g/mol. The number of carboxylic acid groups (broad SMARTS) is 2. The molecule has 0 aliphatic carbocycles. The molecular weight excluding hydrogens is 240 g/mol. The Hall–Kier alpha value is -1.93. The lowest BCUT2D eigenvalue weighted by Crippen LogP contribution is -2.41. The topological polar surface area (TPSA) is 130 Å². The summed E-state index contributed by atoms with van der Waals surface area (Å²) in [4.78, 5) is 25.4. The van der Waals surface area contributed by atoms with Gasteiger partial charge in [-0.3, -0.25) is 9.59 Å². The first kappa shape index (κ1) is 14.1. The van der Waals surface area contributed by atoms with E-state index in [2.05, 4.69) is 10.3 Å². The van der Waals surface area contributed by atoms with Crippen LogP contribution in [0.25, 0.3) is 0 Å². The lowest BCUT2D eigenvalue weighted by molar-refractivity contribution is -0.139. The smallest absolute Gasteiger partial charge is 0.323 e. The number of aromatic nitrogens is 2. The van der Waals surface area contributed by atoms with E-state index in [1.807, 2.05) is 0 Å². The zero-order valence-electron chi connectivity index (χ0n) is 9.74. The first-order valence-corrected chi connectivity index (χ1v) is 5.41. The Kier molecular flexibility index (Phi) is 5.28. The molecule has 0 amide bonds. The van der Waals surface area contributed by atoms with Crippen LogP contribution in [0.15, 0.2) is 12.5 Å². The van der Waals surface area contributed by atoms with Crippen molar-refractivity contribution >= 4 is 11.9 Å². The Bertz CT molecular complexity index is 418. The highest BCUT2D eigenvalue weighted by molar-refractivity contribution is 5.73. The van der Waals surface area contributed by atoms with E-state index >= 15 is 0 Å². The molecule has 1 heterocycles. The zero-order valence-corrected chi connectivity index (χ0v) is 9.74. The van der Waals surface area contributed by atoms with Crippen LogP contribution in [0.4, 0.5) is 0 Å². The van der Waals surface area contributed by atoms with E-state index in [-0.39, 0.29) is 13.0 Å². The average Bonchev–Trinajstić information content (AvgIpc) is 2.70. The number of nitrogens with two attached hydrogens (primary N) is 1. The van der Waals surface area contributed by atoms with Crippen molar-refractivity contribution in [3.8, 4) is 0 Å².